The average molecular weight is 309 g/mol. The largest absolute Gasteiger partial charge is 0.358 e. The zero-order valence-electron chi connectivity index (χ0n) is 10.8. The maximum atomic E-state index is 11.9. The SMILES string of the molecule is CNC(=O)CNC(=O)c1ccc(-c2ccc(Cl)cc2)s1. The topological polar surface area (TPSA) is 58.2 Å². The summed E-state index contributed by atoms with van der Waals surface area (Å²) in [5, 5.41) is 5.68. The standard InChI is InChI=1S/C14H13ClN2O2S/c1-16-13(18)8-17-14(19)12-7-6-11(20-12)9-2-4-10(15)5-3-9/h2-7H,8H2,1H3,(H,16,18)(H,17,19). The average Bonchev–Trinajstić information content (AvgIpc) is 2.95. The lowest BCUT2D eigenvalue weighted by molar-refractivity contribution is -0.119. The van der Waals surface area contributed by atoms with Crippen LogP contribution in [-0.2, 0) is 4.79 Å². The first-order valence-electron chi connectivity index (χ1n) is 5.94. The molecule has 0 aliphatic rings. The Morgan fingerprint density at radius 3 is 2.50 bits per heavy atom. The van der Waals surface area contributed by atoms with Crippen molar-refractivity contribution in [2.75, 3.05) is 13.6 Å². The molecule has 0 aliphatic carbocycles. The Hall–Kier alpha value is -1.85. The van der Waals surface area contributed by atoms with Crippen molar-refractivity contribution in [1.29, 1.82) is 0 Å². The molecule has 0 bridgehead atoms. The molecule has 2 aromatic rings. The normalized spacial score (nSPS) is 10.1. The summed E-state index contributed by atoms with van der Waals surface area (Å²) in [7, 11) is 1.53. The summed E-state index contributed by atoms with van der Waals surface area (Å²) < 4.78 is 0. The molecule has 0 fully saturated rings. The highest BCUT2D eigenvalue weighted by Gasteiger charge is 2.11. The van der Waals surface area contributed by atoms with Crippen molar-refractivity contribution in [2.45, 2.75) is 0 Å². The van der Waals surface area contributed by atoms with Gasteiger partial charge >= 0.3 is 0 Å². The molecule has 0 unspecified atom stereocenters. The molecule has 0 saturated heterocycles. The summed E-state index contributed by atoms with van der Waals surface area (Å²) in [5.74, 6) is -0.480. The molecule has 0 spiro atoms. The van der Waals surface area contributed by atoms with Gasteiger partial charge in [0.05, 0.1) is 11.4 Å². The highest BCUT2D eigenvalue weighted by molar-refractivity contribution is 7.17. The Bertz CT molecular complexity index is 622. The van der Waals surface area contributed by atoms with Gasteiger partial charge in [-0.2, -0.15) is 0 Å². The first-order valence-corrected chi connectivity index (χ1v) is 7.14. The molecule has 1 aromatic heterocycles. The van der Waals surface area contributed by atoms with Crippen LogP contribution in [0.5, 0.6) is 0 Å². The molecule has 2 rings (SSSR count). The van der Waals surface area contributed by atoms with Gasteiger partial charge in [-0.25, -0.2) is 0 Å². The molecule has 6 heteroatoms. The van der Waals surface area contributed by atoms with Crippen molar-refractivity contribution in [1.82, 2.24) is 10.6 Å². The maximum absolute atomic E-state index is 11.9. The van der Waals surface area contributed by atoms with E-state index in [1.54, 1.807) is 6.07 Å². The molecular weight excluding hydrogens is 296 g/mol. The highest BCUT2D eigenvalue weighted by Crippen LogP contribution is 2.28. The molecule has 0 atom stereocenters. The van der Waals surface area contributed by atoms with Crippen LogP contribution in [0.4, 0.5) is 0 Å². The Balaban J connectivity index is 2.06. The third kappa shape index (κ3) is 3.59. The number of carbonyl (C=O) groups is 2. The minimum Gasteiger partial charge on any atom is -0.358 e. The Morgan fingerprint density at radius 2 is 1.85 bits per heavy atom. The molecule has 2 amide bonds. The van der Waals surface area contributed by atoms with Crippen LogP contribution in [0.3, 0.4) is 0 Å². The van der Waals surface area contributed by atoms with Gasteiger partial charge in [-0.15, -0.1) is 11.3 Å². The lowest BCUT2D eigenvalue weighted by Gasteiger charge is -2.01. The van der Waals surface area contributed by atoms with E-state index in [9.17, 15) is 9.59 Å². The summed E-state index contributed by atoms with van der Waals surface area (Å²) >= 11 is 7.21. The molecule has 2 N–H and O–H groups in total. The summed E-state index contributed by atoms with van der Waals surface area (Å²) in [6.07, 6.45) is 0. The van der Waals surface area contributed by atoms with Gasteiger partial charge in [0.15, 0.2) is 0 Å². The van der Waals surface area contributed by atoms with Gasteiger partial charge in [-0.1, -0.05) is 23.7 Å². The smallest absolute Gasteiger partial charge is 0.261 e. The highest BCUT2D eigenvalue weighted by atomic mass is 35.5. The molecular formula is C14H13ClN2O2S. The minimum absolute atomic E-state index is 0.0243. The molecule has 0 radical (unpaired) electrons. The number of likely N-dealkylation sites (N-methyl/N-ethyl adjacent to an activating group) is 1. The zero-order valence-corrected chi connectivity index (χ0v) is 12.3. The Labute approximate surface area is 125 Å². The molecule has 4 nitrogen and oxygen atoms in total. The van der Waals surface area contributed by atoms with Gasteiger partial charge in [-0.3, -0.25) is 9.59 Å². The van der Waals surface area contributed by atoms with Crippen LogP contribution in [0.25, 0.3) is 10.4 Å². The fourth-order valence-corrected chi connectivity index (χ4v) is 2.62. The Kier molecular flexibility index (Phi) is 4.76. The van der Waals surface area contributed by atoms with Gasteiger partial charge in [0.2, 0.25) is 5.91 Å². The van der Waals surface area contributed by atoms with E-state index >= 15 is 0 Å². The van der Waals surface area contributed by atoms with Crippen molar-refractivity contribution in [3.8, 4) is 10.4 Å². The first kappa shape index (κ1) is 14.6. The quantitative estimate of drug-likeness (QED) is 0.912. The van der Waals surface area contributed by atoms with Crippen LogP contribution < -0.4 is 10.6 Å². The van der Waals surface area contributed by atoms with Crippen molar-refractivity contribution < 1.29 is 9.59 Å². The van der Waals surface area contributed by atoms with Crippen LogP contribution in [0, 0.1) is 0 Å². The first-order chi connectivity index (χ1) is 9.60. The molecule has 20 heavy (non-hydrogen) atoms. The monoisotopic (exact) mass is 308 g/mol. The second-order valence-electron chi connectivity index (χ2n) is 4.03. The van der Waals surface area contributed by atoms with Crippen molar-refractivity contribution in [2.24, 2.45) is 0 Å². The summed E-state index contributed by atoms with van der Waals surface area (Å²) in [4.78, 5) is 24.5. The summed E-state index contributed by atoms with van der Waals surface area (Å²) in [6, 6.07) is 11.0. The number of nitrogens with one attached hydrogen (secondary N) is 2. The second-order valence-corrected chi connectivity index (χ2v) is 5.55. The van der Waals surface area contributed by atoms with Crippen molar-refractivity contribution >= 4 is 34.8 Å². The number of amides is 2. The lowest BCUT2D eigenvalue weighted by atomic mass is 10.2. The van der Waals surface area contributed by atoms with Crippen LogP contribution >= 0.6 is 22.9 Å². The van der Waals surface area contributed by atoms with Crippen LogP contribution in [0.1, 0.15) is 9.67 Å². The third-order valence-corrected chi connectivity index (χ3v) is 4.03. The van der Waals surface area contributed by atoms with Gasteiger partial charge in [0.25, 0.3) is 5.91 Å². The predicted molar refractivity (Wildman–Crippen MR) is 81.2 cm³/mol. The fourth-order valence-electron chi connectivity index (χ4n) is 1.57. The van der Waals surface area contributed by atoms with E-state index in [1.807, 2.05) is 30.3 Å². The molecule has 104 valence electrons. The molecule has 0 aliphatic heterocycles. The maximum Gasteiger partial charge on any atom is 0.261 e. The van der Waals surface area contributed by atoms with Gasteiger partial charge in [0, 0.05) is 16.9 Å². The summed E-state index contributed by atoms with van der Waals surface area (Å²) in [6.45, 7) is -0.0243. The number of rotatable bonds is 4. The minimum atomic E-state index is -0.251. The van der Waals surface area contributed by atoms with E-state index in [4.69, 9.17) is 11.6 Å². The second kappa shape index (κ2) is 6.54. The van der Waals surface area contributed by atoms with Crippen LogP contribution in [-0.4, -0.2) is 25.4 Å². The van der Waals surface area contributed by atoms with Crippen LogP contribution in [0.2, 0.25) is 5.02 Å². The Morgan fingerprint density at radius 1 is 1.15 bits per heavy atom. The molecule has 0 saturated carbocycles. The van der Waals surface area contributed by atoms with E-state index in [0.717, 1.165) is 10.4 Å². The van der Waals surface area contributed by atoms with Gasteiger partial charge in [0.1, 0.15) is 0 Å². The number of benzene rings is 1. The third-order valence-electron chi connectivity index (χ3n) is 2.65. The fraction of sp³-hybridized carbons (Fsp3) is 0.143. The molecule has 1 heterocycles. The summed E-state index contributed by atoms with van der Waals surface area (Å²) in [5.41, 5.74) is 1.00. The van der Waals surface area contributed by atoms with Crippen molar-refractivity contribution in [3.05, 3.63) is 46.3 Å². The number of hydrogen-bond acceptors (Lipinski definition) is 3. The molecule has 1 aromatic carbocycles. The predicted octanol–water partition coefficient (Wildman–Crippen LogP) is 2.54. The number of hydrogen-bond donors (Lipinski definition) is 2. The van der Waals surface area contributed by atoms with Crippen LogP contribution in [0.15, 0.2) is 36.4 Å². The zero-order chi connectivity index (χ0) is 14.5. The van der Waals surface area contributed by atoms with E-state index in [-0.39, 0.29) is 18.4 Å². The van der Waals surface area contributed by atoms with Crippen molar-refractivity contribution in [3.63, 3.8) is 0 Å². The lowest BCUT2D eigenvalue weighted by Crippen LogP contribution is -2.34. The number of carbonyl (C=O) groups excluding carboxylic acids is 2. The number of thiophene rings is 1. The van der Waals surface area contributed by atoms with Gasteiger partial charge in [-0.05, 0) is 29.8 Å². The number of halogens is 1. The van der Waals surface area contributed by atoms with E-state index in [2.05, 4.69) is 10.6 Å². The van der Waals surface area contributed by atoms with E-state index in [1.165, 1.54) is 18.4 Å². The van der Waals surface area contributed by atoms with E-state index < -0.39 is 0 Å². The van der Waals surface area contributed by atoms with E-state index in [0.29, 0.717) is 9.90 Å². The van der Waals surface area contributed by atoms with Gasteiger partial charge < -0.3 is 10.6 Å².